The lowest BCUT2D eigenvalue weighted by Gasteiger charge is -2.38. The van der Waals surface area contributed by atoms with E-state index in [0.29, 0.717) is 31.6 Å². The van der Waals surface area contributed by atoms with Gasteiger partial charge in [-0.3, -0.25) is 9.69 Å². The lowest BCUT2D eigenvalue weighted by molar-refractivity contribution is -0.123. The number of carbonyl (C=O) groups is 1. The number of hydrogen-bond donors (Lipinski definition) is 2. The molecule has 2 unspecified atom stereocenters. The average Bonchev–Trinajstić information content (AvgIpc) is 2.47. The number of aryl methyl sites for hydroxylation is 1. The first-order valence-electron chi connectivity index (χ1n) is 7.86. The molecule has 3 N–H and O–H groups in total. The highest BCUT2D eigenvalue weighted by Crippen LogP contribution is 2.22. The van der Waals surface area contributed by atoms with Crippen molar-refractivity contribution in [3.8, 4) is 0 Å². The van der Waals surface area contributed by atoms with E-state index in [-0.39, 0.29) is 5.91 Å². The number of nitrogens with zero attached hydrogens (tertiary/aromatic N) is 1. The normalized spacial score (nSPS) is 23.0. The molecule has 2 rings (SSSR count). The zero-order chi connectivity index (χ0) is 15.2. The number of piperidine rings is 1. The Morgan fingerprint density at radius 2 is 2.10 bits per heavy atom. The molecule has 4 heteroatoms. The van der Waals surface area contributed by atoms with Gasteiger partial charge in [-0.15, -0.1) is 0 Å². The van der Waals surface area contributed by atoms with Gasteiger partial charge in [0.15, 0.2) is 0 Å². The van der Waals surface area contributed by atoms with Gasteiger partial charge in [0.1, 0.15) is 0 Å². The lowest BCUT2D eigenvalue weighted by Crippen LogP contribution is -2.51. The van der Waals surface area contributed by atoms with E-state index >= 15 is 0 Å². The Labute approximate surface area is 127 Å². The van der Waals surface area contributed by atoms with Crippen LogP contribution in [0.1, 0.15) is 30.9 Å². The van der Waals surface area contributed by atoms with Crippen LogP contribution in [-0.2, 0) is 11.3 Å². The Bertz CT molecular complexity index is 458. The van der Waals surface area contributed by atoms with E-state index in [9.17, 15) is 4.79 Å². The molecule has 1 amide bonds. The van der Waals surface area contributed by atoms with Crippen molar-refractivity contribution in [2.24, 2.45) is 11.7 Å². The van der Waals surface area contributed by atoms with Crippen molar-refractivity contribution in [2.45, 2.75) is 39.3 Å². The van der Waals surface area contributed by atoms with Crippen LogP contribution >= 0.6 is 0 Å². The zero-order valence-corrected chi connectivity index (χ0v) is 13.1. The van der Waals surface area contributed by atoms with E-state index in [1.807, 2.05) is 0 Å². The van der Waals surface area contributed by atoms with Crippen LogP contribution in [0.2, 0.25) is 0 Å². The maximum atomic E-state index is 12.1. The van der Waals surface area contributed by atoms with Gasteiger partial charge in [0.25, 0.3) is 0 Å². The molecule has 116 valence electrons. The standard InChI is InChI=1S/C17H27N3O/c1-13-5-7-15(8-6-13)11-19-17(21)12-20-9-3-4-14(2)16(20)10-18/h5-8,14,16H,3-4,9-12,18H2,1-2H3,(H,19,21). The second-order valence-electron chi connectivity index (χ2n) is 6.16. The van der Waals surface area contributed by atoms with Gasteiger partial charge in [0, 0.05) is 19.1 Å². The van der Waals surface area contributed by atoms with Crippen molar-refractivity contribution in [2.75, 3.05) is 19.6 Å². The molecule has 1 heterocycles. The third kappa shape index (κ3) is 4.55. The number of likely N-dealkylation sites (tertiary alicyclic amines) is 1. The number of amides is 1. The smallest absolute Gasteiger partial charge is 0.234 e. The number of carbonyl (C=O) groups excluding carboxylic acids is 1. The molecule has 0 saturated carbocycles. The predicted octanol–water partition coefficient (Wildman–Crippen LogP) is 1.67. The van der Waals surface area contributed by atoms with Gasteiger partial charge in [0.2, 0.25) is 5.91 Å². The highest BCUT2D eigenvalue weighted by molar-refractivity contribution is 5.78. The number of rotatable bonds is 5. The van der Waals surface area contributed by atoms with Crippen LogP contribution in [0.25, 0.3) is 0 Å². The van der Waals surface area contributed by atoms with E-state index in [2.05, 4.69) is 48.3 Å². The first kappa shape index (κ1) is 16.0. The summed E-state index contributed by atoms with van der Waals surface area (Å²) in [6.45, 7) is 6.95. The van der Waals surface area contributed by atoms with Crippen LogP contribution in [-0.4, -0.2) is 36.5 Å². The fourth-order valence-electron chi connectivity index (χ4n) is 3.06. The molecule has 1 aliphatic heterocycles. The first-order valence-corrected chi connectivity index (χ1v) is 7.86. The second kappa shape index (κ2) is 7.57. The van der Waals surface area contributed by atoms with Crippen LogP contribution in [0, 0.1) is 12.8 Å². The van der Waals surface area contributed by atoms with Gasteiger partial charge in [-0.25, -0.2) is 0 Å². The molecular weight excluding hydrogens is 262 g/mol. The van der Waals surface area contributed by atoms with Crippen LogP contribution in [0.4, 0.5) is 0 Å². The summed E-state index contributed by atoms with van der Waals surface area (Å²) >= 11 is 0. The van der Waals surface area contributed by atoms with Gasteiger partial charge in [-0.2, -0.15) is 0 Å². The van der Waals surface area contributed by atoms with Gasteiger partial charge in [-0.05, 0) is 37.8 Å². The van der Waals surface area contributed by atoms with Gasteiger partial charge in [0.05, 0.1) is 6.54 Å². The van der Waals surface area contributed by atoms with Crippen molar-refractivity contribution >= 4 is 5.91 Å². The van der Waals surface area contributed by atoms with Crippen molar-refractivity contribution in [1.29, 1.82) is 0 Å². The van der Waals surface area contributed by atoms with Crippen LogP contribution in [0.3, 0.4) is 0 Å². The highest BCUT2D eigenvalue weighted by Gasteiger charge is 2.28. The molecule has 0 spiro atoms. The molecule has 0 radical (unpaired) electrons. The molecule has 1 aromatic rings. The Balaban J connectivity index is 1.82. The molecule has 1 fully saturated rings. The Kier molecular flexibility index (Phi) is 5.76. The molecule has 2 atom stereocenters. The maximum Gasteiger partial charge on any atom is 0.234 e. The fraction of sp³-hybridized carbons (Fsp3) is 0.588. The SMILES string of the molecule is Cc1ccc(CNC(=O)CN2CCCC(C)C2CN)cc1. The quantitative estimate of drug-likeness (QED) is 0.867. The van der Waals surface area contributed by atoms with E-state index in [4.69, 9.17) is 5.73 Å². The number of nitrogens with one attached hydrogen (secondary N) is 1. The molecule has 1 saturated heterocycles. The third-order valence-corrected chi connectivity index (χ3v) is 4.43. The van der Waals surface area contributed by atoms with E-state index < -0.39 is 0 Å². The monoisotopic (exact) mass is 289 g/mol. The minimum atomic E-state index is 0.0862. The Hall–Kier alpha value is -1.39. The molecular formula is C17H27N3O. The number of benzene rings is 1. The summed E-state index contributed by atoms with van der Waals surface area (Å²) < 4.78 is 0. The zero-order valence-electron chi connectivity index (χ0n) is 13.1. The summed E-state index contributed by atoms with van der Waals surface area (Å²) in [5, 5.41) is 3.00. The van der Waals surface area contributed by atoms with Gasteiger partial charge in [-0.1, -0.05) is 36.8 Å². The lowest BCUT2D eigenvalue weighted by atomic mass is 9.91. The topological polar surface area (TPSA) is 58.4 Å². The molecule has 1 aromatic carbocycles. The van der Waals surface area contributed by atoms with Crippen molar-refractivity contribution in [3.05, 3.63) is 35.4 Å². The highest BCUT2D eigenvalue weighted by atomic mass is 16.2. The molecule has 1 aliphatic rings. The minimum Gasteiger partial charge on any atom is -0.351 e. The fourth-order valence-corrected chi connectivity index (χ4v) is 3.06. The largest absolute Gasteiger partial charge is 0.351 e. The van der Waals surface area contributed by atoms with Crippen LogP contribution in [0.15, 0.2) is 24.3 Å². The van der Waals surface area contributed by atoms with Gasteiger partial charge >= 0.3 is 0 Å². The summed E-state index contributed by atoms with van der Waals surface area (Å²) in [7, 11) is 0. The predicted molar refractivity (Wildman–Crippen MR) is 85.8 cm³/mol. The maximum absolute atomic E-state index is 12.1. The summed E-state index contributed by atoms with van der Waals surface area (Å²) in [6, 6.07) is 8.59. The summed E-state index contributed by atoms with van der Waals surface area (Å²) in [5.41, 5.74) is 8.24. The molecule has 21 heavy (non-hydrogen) atoms. The van der Waals surface area contributed by atoms with Crippen LogP contribution in [0.5, 0.6) is 0 Å². The minimum absolute atomic E-state index is 0.0862. The van der Waals surface area contributed by atoms with E-state index in [1.165, 1.54) is 12.0 Å². The summed E-state index contributed by atoms with van der Waals surface area (Å²) in [4.78, 5) is 14.4. The second-order valence-corrected chi connectivity index (χ2v) is 6.16. The molecule has 4 nitrogen and oxygen atoms in total. The average molecular weight is 289 g/mol. The van der Waals surface area contributed by atoms with Gasteiger partial charge < -0.3 is 11.1 Å². The summed E-state index contributed by atoms with van der Waals surface area (Å²) in [5.74, 6) is 0.664. The molecule has 0 bridgehead atoms. The van der Waals surface area contributed by atoms with E-state index in [0.717, 1.165) is 18.5 Å². The molecule has 0 aliphatic carbocycles. The summed E-state index contributed by atoms with van der Waals surface area (Å²) in [6.07, 6.45) is 2.37. The van der Waals surface area contributed by atoms with Crippen LogP contribution < -0.4 is 11.1 Å². The number of hydrogen-bond acceptors (Lipinski definition) is 3. The van der Waals surface area contributed by atoms with Crippen molar-refractivity contribution in [3.63, 3.8) is 0 Å². The third-order valence-electron chi connectivity index (χ3n) is 4.43. The first-order chi connectivity index (χ1) is 10.1. The Morgan fingerprint density at radius 3 is 2.76 bits per heavy atom. The molecule has 0 aromatic heterocycles. The van der Waals surface area contributed by atoms with E-state index in [1.54, 1.807) is 0 Å². The number of nitrogens with two attached hydrogens (primary N) is 1. The Morgan fingerprint density at radius 1 is 1.38 bits per heavy atom. The van der Waals surface area contributed by atoms with Crippen molar-refractivity contribution < 1.29 is 4.79 Å². The van der Waals surface area contributed by atoms with Crippen molar-refractivity contribution in [1.82, 2.24) is 10.2 Å².